The lowest BCUT2D eigenvalue weighted by molar-refractivity contribution is -0.385. The third-order valence-electron chi connectivity index (χ3n) is 3.13. The molecular weight excluding hydrogens is 320 g/mol. The molecule has 0 radical (unpaired) electrons. The summed E-state index contributed by atoms with van der Waals surface area (Å²) in [5, 5.41) is 13.8. The number of benzene rings is 2. The SMILES string of the molecule is O=C(NCCC(=O)c1cc(Cl)ccc1[N+](=O)[O-])c1ccccc1. The lowest BCUT2D eigenvalue weighted by atomic mass is 10.1. The molecule has 0 heterocycles. The zero-order valence-electron chi connectivity index (χ0n) is 12.0. The van der Waals surface area contributed by atoms with Crippen LogP contribution in [-0.2, 0) is 0 Å². The minimum Gasteiger partial charge on any atom is -0.352 e. The van der Waals surface area contributed by atoms with E-state index in [4.69, 9.17) is 11.6 Å². The monoisotopic (exact) mass is 332 g/mol. The average Bonchev–Trinajstić information content (AvgIpc) is 2.55. The van der Waals surface area contributed by atoms with Gasteiger partial charge in [0.2, 0.25) is 0 Å². The van der Waals surface area contributed by atoms with Crippen LogP contribution in [0.5, 0.6) is 0 Å². The summed E-state index contributed by atoms with van der Waals surface area (Å²) in [4.78, 5) is 34.3. The highest BCUT2D eigenvalue weighted by atomic mass is 35.5. The quantitative estimate of drug-likeness (QED) is 0.499. The van der Waals surface area contributed by atoms with Crippen LogP contribution in [0.15, 0.2) is 48.5 Å². The summed E-state index contributed by atoms with van der Waals surface area (Å²) in [6.45, 7) is 0.0796. The number of nitro groups is 1. The van der Waals surface area contributed by atoms with Gasteiger partial charge in [-0.3, -0.25) is 19.7 Å². The van der Waals surface area contributed by atoms with Crippen molar-refractivity contribution in [1.82, 2.24) is 5.32 Å². The predicted molar refractivity (Wildman–Crippen MR) is 85.8 cm³/mol. The minimum atomic E-state index is -0.633. The molecule has 1 N–H and O–H groups in total. The summed E-state index contributed by atoms with van der Waals surface area (Å²) >= 11 is 5.79. The number of Topliss-reactive ketones (excluding diaryl/α,β-unsaturated/α-hetero) is 1. The Morgan fingerprint density at radius 1 is 1.13 bits per heavy atom. The molecule has 0 unspecified atom stereocenters. The smallest absolute Gasteiger partial charge is 0.280 e. The van der Waals surface area contributed by atoms with Gasteiger partial charge >= 0.3 is 0 Å². The Bertz CT molecular complexity index is 747. The van der Waals surface area contributed by atoms with Crippen molar-refractivity contribution < 1.29 is 14.5 Å². The van der Waals surface area contributed by atoms with E-state index in [2.05, 4.69) is 5.32 Å². The van der Waals surface area contributed by atoms with Crippen molar-refractivity contribution in [2.75, 3.05) is 6.54 Å². The Labute approximate surface area is 137 Å². The second-order valence-electron chi connectivity index (χ2n) is 4.71. The van der Waals surface area contributed by atoms with Crippen molar-refractivity contribution in [2.45, 2.75) is 6.42 Å². The molecule has 1 amide bonds. The highest BCUT2D eigenvalue weighted by Gasteiger charge is 2.20. The second kappa shape index (κ2) is 7.51. The van der Waals surface area contributed by atoms with Crippen LogP contribution in [0.4, 0.5) is 5.69 Å². The van der Waals surface area contributed by atoms with Crippen LogP contribution in [0.3, 0.4) is 0 Å². The molecule has 0 bridgehead atoms. The first kappa shape index (κ1) is 16.6. The summed E-state index contributed by atoms with van der Waals surface area (Å²) in [6, 6.07) is 12.4. The summed E-state index contributed by atoms with van der Waals surface area (Å²) in [7, 11) is 0. The number of halogens is 1. The van der Waals surface area contributed by atoms with E-state index in [9.17, 15) is 19.7 Å². The van der Waals surface area contributed by atoms with Crippen molar-refractivity contribution in [3.63, 3.8) is 0 Å². The molecule has 0 aliphatic carbocycles. The minimum absolute atomic E-state index is 0.0558. The lowest BCUT2D eigenvalue weighted by Gasteiger charge is -2.06. The second-order valence-corrected chi connectivity index (χ2v) is 5.15. The van der Waals surface area contributed by atoms with E-state index >= 15 is 0 Å². The van der Waals surface area contributed by atoms with Gasteiger partial charge in [0, 0.05) is 29.6 Å². The zero-order valence-corrected chi connectivity index (χ0v) is 12.7. The van der Waals surface area contributed by atoms with Crippen molar-refractivity contribution >= 4 is 29.0 Å². The zero-order chi connectivity index (χ0) is 16.8. The van der Waals surface area contributed by atoms with Gasteiger partial charge in [0.25, 0.3) is 11.6 Å². The van der Waals surface area contributed by atoms with Gasteiger partial charge < -0.3 is 5.32 Å². The molecule has 6 nitrogen and oxygen atoms in total. The van der Waals surface area contributed by atoms with Crippen molar-refractivity contribution in [3.8, 4) is 0 Å². The van der Waals surface area contributed by atoms with Crippen molar-refractivity contribution in [2.24, 2.45) is 0 Å². The number of hydrogen-bond acceptors (Lipinski definition) is 4. The molecule has 23 heavy (non-hydrogen) atoms. The van der Waals surface area contributed by atoms with Crippen LogP contribution in [0.25, 0.3) is 0 Å². The van der Waals surface area contributed by atoms with Crippen molar-refractivity contribution in [3.05, 3.63) is 74.8 Å². The van der Waals surface area contributed by atoms with Gasteiger partial charge in [0.15, 0.2) is 5.78 Å². The highest BCUT2D eigenvalue weighted by molar-refractivity contribution is 6.31. The van der Waals surface area contributed by atoms with Crippen LogP contribution >= 0.6 is 11.6 Å². The van der Waals surface area contributed by atoms with E-state index in [1.165, 1.54) is 18.2 Å². The Morgan fingerprint density at radius 3 is 2.48 bits per heavy atom. The maximum Gasteiger partial charge on any atom is 0.280 e. The van der Waals surface area contributed by atoms with Gasteiger partial charge in [-0.1, -0.05) is 29.8 Å². The molecule has 0 aliphatic heterocycles. The third kappa shape index (κ3) is 4.37. The molecule has 118 valence electrons. The molecule has 0 saturated heterocycles. The number of carbonyl (C=O) groups is 2. The number of amides is 1. The molecule has 0 aliphatic rings. The summed E-state index contributed by atoms with van der Waals surface area (Å²) in [5.74, 6) is -0.758. The first-order valence-electron chi connectivity index (χ1n) is 6.79. The number of nitrogens with one attached hydrogen (secondary N) is 1. The van der Waals surface area contributed by atoms with Crippen LogP contribution in [-0.4, -0.2) is 23.2 Å². The van der Waals surface area contributed by atoms with E-state index in [1.54, 1.807) is 30.3 Å². The van der Waals surface area contributed by atoms with Crippen LogP contribution in [0.2, 0.25) is 5.02 Å². The Hall–Kier alpha value is -2.73. The normalized spacial score (nSPS) is 10.1. The number of hydrogen-bond donors (Lipinski definition) is 1. The van der Waals surface area contributed by atoms with Gasteiger partial charge in [0.05, 0.1) is 10.5 Å². The van der Waals surface area contributed by atoms with Crippen molar-refractivity contribution in [1.29, 1.82) is 0 Å². The Balaban J connectivity index is 1.99. The molecule has 7 heteroatoms. The van der Waals surface area contributed by atoms with Crippen LogP contribution in [0.1, 0.15) is 27.1 Å². The Kier molecular flexibility index (Phi) is 5.43. The first-order chi connectivity index (χ1) is 11.0. The maximum atomic E-state index is 12.1. The predicted octanol–water partition coefficient (Wildman–Crippen LogP) is 3.25. The molecule has 2 aromatic carbocycles. The largest absolute Gasteiger partial charge is 0.352 e. The van der Waals surface area contributed by atoms with Crippen LogP contribution < -0.4 is 5.32 Å². The van der Waals surface area contributed by atoms with E-state index in [0.29, 0.717) is 5.56 Å². The van der Waals surface area contributed by atoms with Gasteiger partial charge in [-0.25, -0.2) is 0 Å². The number of nitrogens with zero attached hydrogens (tertiary/aromatic N) is 1. The van der Waals surface area contributed by atoms with E-state index in [0.717, 1.165) is 0 Å². The highest BCUT2D eigenvalue weighted by Crippen LogP contribution is 2.23. The summed E-state index contributed by atoms with van der Waals surface area (Å²) < 4.78 is 0. The molecule has 2 aromatic rings. The van der Waals surface area contributed by atoms with Gasteiger partial charge in [-0.15, -0.1) is 0 Å². The fourth-order valence-electron chi connectivity index (χ4n) is 2.01. The topological polar surface area (TPSA) is 89.3 Å². The molecule has 0 aromatic heterocycles. The third-order valence-corrected chi connectivity index (χ3v) is 3.36. The number of nitro benzene ring substituents is 1. The first-order valence-corrected chi connectivity index (χ1v) is 7.17. The molecule has 0 fully saturated rings. The molecule has 0 atom stereocenters. The number of ketones is 1. The number of rotatable bonds is 6. The van der Waals surface area contributed by atoms with Gasteiger partial charge in [-0.2, -0.15) is 0 Å². The summed E-state index contributed by atoms with van der Waals surface area (Å²) in [6.07, 6.45) is -0.0558. The standard InChI is InChI=1S/C16H13ClN2O4/c17-12-6-7-14(19(22)23)13(10-12)15(20)8-9-18-16(21)11-4-2-1-3-5-11/h1-7,10H,8-9H2,(H,18,21). The van der Waals surface area contributed by atoms with E-state index in [1.807, 2.05) is 0 Å². The van der Waals surface area contributed by atoms with Gasteiger partial charge in [-0.05, 0) is 24.3 Å². The van der Waals surface area contributed by atoms with Crippen LogP contribution in [0, 0.1) is 10.1 Å². The Morgan fingerprint density at radius 2 is 1.83 bits per heavy atom. The molecule has 0 spiro atoms. The molecule has 2 rings (SSSR count). The van der Waals surface area contributed by atoms with Gasteiger partial charge in [0.1, 0.15) is 0 Å². The fraction of sp³-hybridized carbons (Fsp3) is 0.125. The van der Waals surface area contributed by atoms with E-state index in [-0.39, 0.29) is 35.1 Å². The number of carbonyl (C=O) groups excluding carboxylic acids is 2. The average molecular weight is 333 g/mol. The molecular formula is C16H13ClN2O4. The fourth-order valence-corrected chi connectivity index (χ4v) is 2.18. The van der Waals surface area contributed by atoms with E-state index < -0.39 is 10.7 Å². The lowest BCUT2D eigenvalue weighted by Crippen LogP contribution is -2.26. The maximum absolute atomic E-state index is 12.1. The molecule has 0 saturated carbocycles. The summed E-state index contributed by atoms with van der Waals surface area (Å²) in [5.41, 5.74) is 0.124.